The van der Waals surface area contributed by atoms with Crippen LogP contribution in [0.5, 0.6) is 17.2 Å². The van der Waals surface area contributed by atoms with Gasteiger partial charge < -0.3 is 14.6 Å². The van der Waals surface area contributed by atoms with Crippen LogP contribution in [0.3, 0.4) is 0 Å². The molecule has 1 fully saturated rings. The second-order valence-electron chi connectivity index (χ2n) is 8.78. The molecule has 0 aromatic heterocycles. The highest BCUT2D eigenvalue weighted by Gasteiger charge is 2.29. The van der Waals surface area contributed by atoms with Gasteiger partial charge in [-0.15, -0.1) is 0 Å². The minimum Gasteiger partial charge on any atom is -0.508 e. The van der Waals surface area contributed by atoms with Crippen LogP contribution in [0.4, 0.5) is 4.39 Å². The number of allylic oxidation sites excluding steroid dienone is 1. The van der Waals surface area contributed by atoms with Crippen molar-refractivity contribution in [1.82, 2.24) is 4.90 Å². The lowest BCUT2D eigenvalue weighted by atomic mass is 9.86. The van der Waals surface area contributed by atoms with E-state index in [9.17, 15) is 9.50 Å². The molecule has 1 atom stereocenters. The van der Waals surface area contributed by atoms with E-state index in [4.69, 9.17) is 9.47 Å². The predicted octanol–water partition coefficient (Wildman–Crippen LogP) is 6.76. The maximum atomic E-state index is 12.6. The van der Waals surface area contributed by atoms with Crippen molar-refractivity contribution in [3.05, 3.63) is 89.5 Å². The molecule has 5 rings (SSSR count). The lowest BCUT2D eigenvalue weighted by molar-refractivity contribution is 0.0668. The largest absolute Gasteiger partial charge is 0.508 e. The van der Waals surface area contributed by atoms with Gasteiger partial charge in [-0.25, -0.2) is 0 Å². The van der Waals surface area contributed by atoms with Crippen molar-refractivity contribution in [2.45, 2.75) is 26.9 Å². The van der Waals surface area contributed by atoms with Gasteiger partial charge in [-0.1, -0.05) is 56.3 Å². The molecule has 1 saturated heterocycles. The van der Waals surface area contributed by atoms with Gasteiger partial charge in [0, 0.05) is 36.7 Å². The number of likely N-dealkylation sites (tertiary alicyclic amines) is 1. The SMILES string of the molecule is CC.CC1=C(c2ccccc2)C(c2ccc(OCCN3CC(CF)C3)cc2)Oc2ccc(O)cc21. The Morgan fingerprint density at radius 1 is 1.00 bits per heavy atom. The van der Waals surface area contributed by atoms with Gasteiger partial charge in [0.1, 0.15) is 30.0 Å². The number of phenolic OH excluding ortho intramolecular Hbond substituents is 1. The molecule has 4 nitrogen and oxygen atoms in total. The van der Waals surface area contributed by atoms with Crippen LogP contribution in [-0.2, 0) is 0 Å². The summed E-state index contributed by atoms with van der Waals surface area (Å²) in [5.74, 6) is 1.99. The van der Waals surface area contributed by atoms with Crippen LogP contribution in [0, 0.1) is 5.92 Å². The molecule has 184 valence electrons. The Morgan fingerprint density at radius 2 is 1.71 bits per heavy atom. The zero-order valence-corrected chi connectivity index (χ0v) is 20.7. The van der Waals surface area contributed by atoms with Crippen LogP contribution >= 0.6 is 0 Å². The van der Waals surface area contributed by atoms with Gasteiger partial charge in [0.05, 0.1) is 6.67 Å². The smallest absolute Gasteiger partial charge is 0.150 e. The van der Waals surface area contributed by atoms with Crippen molar-refractivity contribution in [2.75, 3.05) is 32.9 Å². The summed E-state index contributed by atoms with van der Waals surface area (Å²) >= 11 is 0. The highest BCUT2D eigenvalue weighted by atomic mass is 19.1. The molecule has 3 aromatic rings. The van der Waals surface area contributed by atoms with E-state index in [1.807, 2.05) is 62.4 Å². The summed E-state index contributed by atoms with van der Waals surface area (Å²) in [5, 5.41) is 10.0. The molecule has 5 heteroatoms. The zero-order valence-electron chi connectivity index (χ0n) is 20.7. The van der Waals surface area contributed by atoms with E-state index in [1.54, 1.807) is 12.1 Å². The lowest BCUT2D eigenvalue weighted by Gasteiger charge is -2.37. The summed E-state index contributed by atoms with van der Waals surface area (Å²) in [6.07, 6.45) is -0.266. The number of phenols is 1. The molecule has 3 aromatic carbocycles. The van der Waals surface area contributed by atoms with Crippen LogP contribution in [-0.4, -0.2) is 42.9 Å². The number of hydrogen-bond donors (Lipinski definition) is 1. The average molecular weight is 476 g/mol. The fourth-order valence-electron chi connectivity index (χ4n) is 4.65. The van der Waals surface area contributed by atoms with Crippen LogP contribution in [0.15, 0.2) is 72.8 Å². The van der Waals surface area contributed by atoms with Crippen LogP contribution in [0.1, 0.15) is 43.6 Å². The number of benzene rings is 3. The Hall–Kier alpha value is -3.31. The first-order chi connectivity index (χ1) is 17.1. The van der Waals surface area contributed by atoms with Crippen LogP contribution < -0.4 is 9.47 Å². The molecule has 2 aliphatic heterocycles. The number of hydrogen-bond acceptors (Lipinski definition) is 4. The van der Waals surface area contributed by atoms with E-state index in [2.05, 4.69) is 24.0 Å². The average Bonchev–Trinajstić information content (AvgIpc) is 2.88. The summed E-state index contributed by atoms with van der Waals surface area (Å²) < 4.78 is 24.9. The molecule has 2 heterocycles. The summed E-state index contributed by atoms with van der Waals surface area (Å²) in [6.45, 7) is 8.90. The third-order valence-corrected chi connectivity index (χ3v) is 6.47. The Bertz CT molecular complexity index is 1140. The van der Waals surface area contributed by atoms with Gasteiger partial charge in [0.15, 0.2) is 0 Å². The van der Waals surface area contributed by atoms with Gasteiger partial charge in [-0.2, -0.15) is 0 Å². The molecule has 0 aliphatic carbocycles. The third kappa shape index (κ3) is 5.51. The van der Waals surface area contributed by atoms with Crippen molar-refractivity contribution >= 4 is 11.1 Å². The number of nitrogens with zero attached hydrogens (tertiary/aromatic N) is 1. The van der Waals surface area contributed by atoms with Crippen molar-refractivity contribution in [3.63, 3.8) is 0 Å². The monoisotopic (exact) mass is 475 g/mol. The third-order valence-electron chi connectivity index (χ3n) is 6.47. The standard InChI is InChI=1S/C28H28FNO3.C2H6/c1-19-25-15-23(31)9-12-26(25)33-28(27(19)21-5-3-2-4-6-21)22-7-10-24(11-8-22)32-14-13-30-17-20(16-29)18-30;1-2/h2-12,15,20,28,31H,13-14,16-18H2,1H3;1-2H3. The van der Waals surface area contributed by atoms with E-state index in [1.165, 1.54) is 0 Å². The summed E-state index contributed by atoms with van der Waals surface area (Å²) in [5.41, 5.74) is 5.21. The van der Waals surface area contributed by atoms with E-state index in [0.717, 1.165) is 59.0 Å². The van der Waals surface area contributed by atoms with Crippen molar-refractivity contribution in [1.29, 1.82) is 0 Å². The number of fused-ring (bicyclic) bond motifs is 1. The van der Waals surface area contributed by atoms with Gasteiger partial charge >= 0.3 is 0 Å². The highest BCUT2D eigenvalue weighted by molar-refractivity contribution is 5.95. The van der Waals surface area contributed by atoms with Crippen LogP contribution in [0.2, 0.25) is 0 Å². The van der Waals surface area contributed by atoms with Gasteiger partial charge in [-0.3, -0.25) is 9.29 Å². The molecule has 35 heavy (non-hydrogen) atoms. The maximum Gasteiger partial charge on any atom is 0.150 e. The Balaban J connectivity index is 0.00000141. The fourth-order valence-corrected chi connectivity index (χ4v) is 4.65. The number of rotatable bonds is 7. The molecule has 1 N–H and O–H groups in total. The number of ether oxygens (including phenoxy) is 2. The first-order valence-electron chi connectivity index (χ1n) is 12.4. The molecule has 2 aliphatic rings. The Morgan fingerprint density at radius 3 is 2.40 bits per heavy atom. The topological polar surface area (TPSA) is 41.9 Å². The zero-order chi connectivity index (χ0) is 24.8. The molecule has 0 saturated carbocycles. The van der Waals surface area contributed by atoms with E-state index in [-0.39, 0.29) is 24.4 Å². The number of halogens is 1. The lowest BCUT2D eigenvalue weighted by Crippen LogP contribution is -2.49. The molecule has 0 spiro atoms. The first kappa shape index (κ1) is 24.8. The second kappa shape index (κ2) is 11.4. The molecule has 1 unspecified atom stereocenters. The molecule has 0 radical (unpaired) electrons. The molecular weight excluding hydrogens is 441 g/mol. The predicted molar refractivity (Wildman–Crippen MR) is 140 cm³/mol. The maximum absolute atomic E-state index is 12.6. The summed E-state index contributed by atoms with van der Waals surface area (Å²) in [7, 11) is 0. The normalized spacial score (nSPS) is 17.5. The Kier molecular flexibility index (Phi) is 8.09. The van der Waals surface area contributed by atoms with Gasteiger partial charge in [-0.05, 0) is 54.0 Å². The van der Waals surface area contributed by atoms with Crippen LogP contribution in [0.25, 0.3) is 11.1 Å². The van der Waals surface area contributed by atoms with Crippen molar-refractivity contribution < 1.29 is 19.0 Å². The van der Waals surface area contributed by atoms with Gasteiger partial charge in [0.2, 0.25) is 0 Å². The van der Waals surface area contributed by atoms with E-state index < -0.39 is 0 Å². The number of aromatic hydroxyl groups is 1. The fraction of sp³-hybridized carbons (Fsp3) is 0.333. The summed E-state index contributed by atoms with van der Waals surface area (Å²) in [4.78, 5) is 2.21. The first-order valence-corrected chi connectivity index (χ1v) is 12.4. The molecule has 0 amide bonds. The second-order valence-corrected chi connectivity index (χ2v) is 8.78. The quantitative estimate of drug-likeness (QED) is 0.410. The molecular formula is C30H34FNO3. The highest BCUT2D eigenvalue weighted by Crippen LogP contribution is 2.47. The Labute approximate surface area is 207 Å². The molecule has 0 bridgehead atoms. The van der Waals surface area contributed by atoms with Crippen molar-refractivity contribution in [3.8, 4) is 17.2 Å². The van der Waals surface area contributed by atoms with E-state index in [0.29, 0.717) is 6.61 Å². The number of alkyl halides is 1. The van der Waals surface area contributed by atoms with E-state index >= 15 is 0 Å². The van der Waals surface area contributed by atoms with Crippen molar-refractivity contribution in [2.24, 2.45) is 5.92 Å². The minimum atomic E-state index is -0.266. The minimum absolute atomic E-state index is 0.198. The van der Waals surface area contributed by atoms with Gasteiger partial charge in [0.25, 0.3) is 0 Å². The summed E-state index contributed by atoms with van der Waals surface area (Å²) in [6, 6.07) is 23.5.